The number of methoxy groups -OCH3 is 1. The number of carbonyl (C=O) groups excluding carboxylic acids is 1. The standard InChI is InChI=1S/C14H17IN2O2/c1-19-12-11(10(15)2-7-16-12)13(18)17-8-5-14(3-4-14)6-9-17/h2,7H,3-6,8-9H2,1H3. The fourth-order valence-corrected chi connectivity index (χ4v) is 3.41. The molecule has 102 valence electrons. The van der Waals surface area contributed by atoms with Crippen molar-refractivity contribution in [2.24, 2.45) is 5.41 Å². The molecule has 2 fully saturated rings. The van der Waals surface area contributed by atoms with Gasteiger partial charge in [0.2, 0.25) is 5.88 Å². The van der Waals surface area contributed by atoms with Crippen LogP contribution in [0.4, 0.5) is 0 Å². The van der Waals surface area contributed by atoms with Gasteiger partial charge in [0.05, 0.1) is 7.11 Å². The lowest BCUT2D eigenvalue weighted by molar-refractivity contribution is 0.0673. The van der Waals surface area contributed by atoms with E-state index < -0.39 is 0 Å². The van der Waals surface area contributed by atoms with Gasteiger partial charge in [0.15, 0.2) is 0 Å². The number of ether oxygens (including phenoxy) is 1. The molecule has 1 spiro atoms. The van der Waals surface area contributed by atoms with Crippen molar-refractivity contribution in [3.05, 3.63) is 21.4 Å². The number of pyridine rings is 1. The molecule has 1 aromatic rings. The van der Waals surface area contributed by atoms with Gasteiger partial charge in [0.25, 0.3) is 5.91 Å². The van der Waals surface area contributed by atoms with Gasteiger partial charge in [0, 0.05) is 22.9 Å². The van der Waals surface area contributed by atoms with Crippen LogP contribution in [0.1, 0.15) is 36.0 Å². The van der Waals surface area contributed by atoms with E-state index in [2.05, 4.69) is 27.6 Å². The average molecular weight is 372 g/mol. The largest absolute Gasteiger partial charge is 0.480 e. The minimum atomic E-state index is 0.0600. The number of carbonyl (C=O) groups is 1. The minimum absolute atomic E-state index is 0.0600. The van der Waals surface area contributed by atoms with Crippen LogP contribution in [0.3, 0.4) is 0 Å². The van der Waals surface area contributed by atoms with Crippen LogP contribution in [0.5, 0.6) is 5.88 Å². The van der Waals surface area contributed by atoms with Crippen molar-refractivity contribution < 1.29 is 9.53 Å². The predicted molar refractivity (Wildman–Crippen MR) is 80.3 cm³/mol. The highest BCUT2D eigenvalue weighted by molar-refractivity contribution is 14.1. The van der Waals surface area contributed by atoms with Crippen molar-refractivity contribution in [1.82, 2.24) is 9.88 Å². The van der Waals surface area contributed by atoms with Crippen LogP contribution in [0.25, 0.3) is 0 Å². The summed E-state index contributed by atoms with van der Waals surface area (Å²) in [5, 5.41) is 0. The maximum atomic E-state index is 12.6. The Morgan fingerprint density at radius 1 is 1.37 bits per heavy atom. The number of aromatic nitrogens is 1. The van der Waals surface area contributed by atoms with E-state index >= 15 is 0 Å². The van der Waals surface area contributed by atoms with E-state index in [1.807, 2.05) is 11.0 Å². The Bertz CT molecular complexity index is 504. The number of hydrogen-bond donors (Lipinski definition) is 0. The third-order valence-electron chi connectivity index (χ3n) is 4.34. The van der Waals surface area contributed by atoms with E-state index in [0.717, 1.165) is 29.5 Å². The third-order valence-corrected chi connectivity index (χ3v) is 5.24. The van der Waals surface area contributed by atoms with Crippen molar-refractivity contribution in [2.75, 3.05) is 20.2 Å². The van der Waals surface area contributed by atoms with Crippen molar-refractivity contribution in [2.45, 2.75) is 25.7 Å². The first-order valence-corrected chi connectivity index (χ1v) is 7.71. The molecule has 2 heterocycles. The first-order chi connectivity index (χ1) is 9.15. The number of nitrogens with zero attached hydrogens (tertiary/aromatic N) is 2. The van der Waals surface area contributed by atoms with E-state index in [1.54, 1.807) is 13.3 Å². The number of amides is 1. The number of halogens is 1. The Balaban J connectivity index is 1.80. The summed E-state index contributed by atoms with van der Waals surface area (Å²) in [5.41, 5.74) is 1.19. The molecule has 1 saturated carbocycles. The Morgan fingerprint density at radius 3 is 2.63 bits per heavy atom. The number of likely N-dealkylation sites (tertiary alicyclic amines) is 1. The fraction of sp³-hybridized carbons (Fsp3) is 0.571. The molecule has 0 N–H and O–H groups in total. The molecule has 0 atom stereocenters. The zero-order chi connectivity index (χ0) is 13.5. The summed E-state index contributed by atoms with van der Waals surface area (Å²) < 4.78 is 6.13. The van der Waals surface area contributed by atoms with Crippen LogP contribution in [-0.4, -0.2) is 36.0 Å². The van der Waals surface area contributed by atoms with Gasteiger partial charge in [-0.05, 0) is 59.8 Å². The van der Waals surface area contributed by atoms with E-state index in [4.69, 9.17) is 4.74 Å². The molecule has 0 radical (unpaired) electrons. The van der Waals surface area contributed by atoms with Crippen LogP contribution >= 0.6 is 22.6 Å². The van der Waals surface area contributed by atoms with Crippen molar-refractivity contribution in [1.29, 1.82) is 0 Å². The van der Waals surface area contributed by atoms with Crippen LogP contribution in [0, 0.1) is 8.99 Å². The lowest BCUT2D eigenvalue weighted by atomic mass is 9.93. The second-order valence-electron chi connectivity index (χ2n) is 5.47. The Hall–Kier alpha value is -0.850. The summed E-state index contributed by atoms with van der Waals surface area (Å²) >= 11 is 2.17. The summed E-state index contributed by atoms with van der Waals surface area (Å²) in [6.45, 7) is 1.74. The molecule has 3 rings (SSSR count). The molecule has 5 heteroatoms. The van der Waals surface area contributed by atoms with E-state index in [1.165, 1.54) is 12.8 Å². The minimum Gasteiger partial charge on any atom is -0.480 e. The third kappa shape index (κ3) is 2.44. The number of rotatable bonds is 2. The van der Waals surface area contributed by atoms with Gasteiger partial charge in [0.1, 0.15) is 5.56 Å². The molecule has 1 aliphatic heterocycles. The molecule has 1 aromatic heterocycles. The van der Waals surface area contributed by atoms with E-state index in [0.29, 0.717) is 16.9 Å². The molecule has 1 amide bonds. The van der Waals surface area contributed by atoms with Gasteiger partial charge in [-0.3, -0.25) is 4.79 Å². The second-order valence-corrected chi connectivity index (χ2v) is 6.63. The van der Waals surface area contributed by atoms with Gasteiger partial charge in [-0.15, -0.1) is 0 Å². The Labute approximate surface area is 126 Å². The summed E-state index contributed by atoms with van der Waals surface area (Å²) in [5.74, 6) is 0.494. The van der Waals surface area contributed by atoms with Gasteiger partial charge in [-0.2, -0.15) is 0 Å². The maximum absolute atomic E-state index is 12.6. The zero-order valence-corrected chi connectivity index (χ0v) is 13.1. The van der Waals surface area contributed by atoms with E-state index in [9.17, 15) is 4.79 Å². The smallest absolute Gasteiger partial charge is 0.260 e. The number of piperidine rings is 1. The Kier molecular flexibility index (Phi) is 3.41. The van der Waals surface area contributed by atoms with Crippen LogP contribution in [0.2, 0.25) is 0 Å². The second kappa shape index (κ2) is 4.92. The van der Waals surface area contributed by atoms with E-state index in [-0.39, 0.29) is 5.91 Å². The van der Waals surface area contributed by atoms with Gasteiger partial charge >= 0.3 is 0 Å². The summed E-state index contributed by atoms with van der Waals surface area (Å²) in [6, 6.07) is 1.85. The van der Waals surface area contributed by atoms with Crippen LogP contribution in [-0.2, 0) is 0 Å². The first kappa shape index (κ1) is 13.1. The highest BCUT2D eigenvalue weighted by Gasteiger charge is 2.45. The Morgan fingerprint density at radius 2 is 2.05 bits per heavy atom. The molecule has 0 bridgehead atoms. The van der Waals surface area contributed by atoms with Gasteiger partial charge in [-0.25, -0.2) is 4.98 Å². The molecular weight excluding hydrogens is 355 g/mol. The SMILES string of the molecule is COc1nccc(I)c1C(=O)N1CCC2(CC1)CC2. The molecule has 4 nitrogen and oxygen atoms in total. The lowest BCUT2D eigenvalue weighted by Gasteiger charge is -2.32. The number of hydrogen-bond acceptors (Lipinski definition) is 3. The summed E-state index contributed by atoms with van der Waals surface area (Å²) in [4.78, 5) is 18.7. The molecule has 0 unspecified atom stereocenters. The lowest BCUT2D eigenvalue weighted by Crippen LogP contribution is -2.39. The molecular formula is C14H17IN2O2. The normalized spacial score (nSPS) is 20.4. The highest BCUT2D eigenvalue weighted by atomic mass is 127. The maximum Gasteiger partial charge on any atom is 0.260 e. The topological polar surface area (TPSA) is 42.4 Å². The first-order valence-electron chi connectivity index (χ1n) is 6.63. The average Bonchev–Trinajstić information content (AvgIpc) is 3.18. The molecule has 2 aliphatic rings. The van der Waals surface area contributed by atoms with Crippen molar-refractivity contribution in [3.8, 4) is 5.88 Å². The monoisotopic (exact) mass is 372 g/mol. The summed E-state index contributed by atoms with van der Waals surface area (Å²) in [6.07, 6.45) is 6.67. The quantitative estimate of drug-likeness (QED) is 0.750. The predicted octanol–water partition coefficient (Wildman–Crippen LogP) is 2.71. The molecule has 1 aliphatic carbocycles. The van der Waals surface area contributed by atoms with Crippen molar-refractivity contribution in [3.63, 3.8) is 0 Å². The van der Waals surface area contributed by atoms with Crippen molar-refractivity contribution >= 4 is 28.5 Å². The summed E-state index contributed by atoms with van der Waals surface area (Å²) in [7, 11) is 1.56. The zero-order valence-electron chi connectivity index (χ0n) is 11.0. The van der Waals surface area contributed by atoms with Crippen LogP contribution in [0.15, 0.2) is 12.3 Å². The molecule has 1 saturated heterocycles. The fourth-order valence-electron chi connectivity index (χ4n) is 2.79. The van der Waals surface area contributed by atoms with Gasteiger partial charge in [-0.1, -0.05) is 0 Å². The molecule has 0 aromatic carbocycles. The molecule has 19 heavy (non-hydrogen) atoms. The highest BCUT2D eigenvalue weighted by Crippen LogP contribution is 2.53. The van der Waals surface area contributed by atoms with Gasteiger partial charge < -0.3 is 9.64 Å². The van der Waals surface area contributed by atoms with Crippen LogP contribution < -0.4 is 4.74 Å².